The van der Waals surface area contributed by atoms with Crippen molar-refractivity contribution in [1.82, 2.24) is 4.90 Å². The standard InChI is InChI=1S/C9H21N/c1-8(2)9(3)6-7-10(4)5/h8-9H,6-7H2,1-5H3. The molecule has 1 nitrogen and oxygen atoms in total. The van der Waals surface area contributed by atoms with Crippen molar-refractivity contribution in [3.8, 4) is 0 Å². The van der Waals surface area contributed by atoms with Crippen molar-refractivity contribution in [2.45, 2.75) is 27.2 Å². The van der Waals surface area contributed by atoms with Crippen LogP contribution in [0.5, 0.6) is 0 Å². The molecule has 1 atom stereocenters. The van der Waals surface area contributed by atoms with Crippen LogP contribution in [0, 0.1) is 11.8 Å². The zero-order chi connectivity index (χ0) is 8.15. The highest BCUT2D eigenvalue weighted by Gasteiger charge is 2.06. The minimum Gasteiger partial charge on any atom is -0.309 e. The third-order valence-electron chi connectivity index (χ3n) is 2.17. The summed E-state index contributed by atoms with van der Waals surface area (Å²) < 4.78 is 0. The lowest BCUT2D eigenvalue weighted by Crippen LogP contribution is -2.17. The first-order valence-corrected chi connectivity index (χ1v) is 4.18. The van der Waals surface area contributed by atoms with Crippen molar-refractivity contribution in [3.05, 3.63) is 0 Å². The minimum atomic E-state index is 0.833. The zero-order valence-corrected chi connectivity index (χ0v) is 8.02. The Labute approximate surface area is 65.4 Å². The van der Waals surface area contributed by atoms with E-state index in [-0.39, 0.29) is 0 Å². The van der Waals surface area contributed by atoms with Gasteiger partial charge in [0.1, 0.15) is 0 Å². The second-order valence-corrected chi connectivity index (χ2v) is 3.81. The predicted molar refractivity (Wildman–Crippen MR) is 47.2 cm³/mol. The van der Waals surface area contributed by atoms with Gasteiger partial charge < -0.3 is 4.90 Å². The first-order chi connectivity index (χ1) is 4.54. The van der Waals surface area contributed by atoms with Crippen LogP contribution in [0.25, 0.3) is 0 Å². The maximum absolute atomic E-state index is 2.33. The van der Waals surface area contributed by atoms with E-state index < -0.39 is 0 Å². The van der Waals surface area contributed by atoms with Gasteiger partial charge in [0, 0.05) is 0 Å². The Morgan fingerprint density at radius 2 is 1.60 bits per heavy atom. The molecule has 0 heterocycles. The van der Waals surface area contributed by atoms with E-state index in [1.54, 1.807) is 0 Å². The van der Waals surface area contributed by atoms with Gasteiger partial charge in [-0.15, -0.1) is 0 Å². The molecule has 0 saturated carbocycles. The summed E-state index contributed by atoms with van der Waals surface area (Å²) in [6, 6.07) is 0. The molecule has 0 aliphatic heterocycles. The van der Waals surface area contributed by atoms with E-state index >= 15 is 0 Å². The highest BCUT2D eigenvalue weighted by atomic mass is 15.0. The molecule has 0 N–H and O–H groups in total. The van der Waals surface area contributed by atoms with Crippen LogP contribution in [0.2, 0.25) is 0 Å². The fourth-order valence-corrected chi connectivity index (χ4v) is 0.795. The molecule has 0 amide bonds. The van der Waals surface area contributed by atoms with Gasteiger partial charge in [-0.1, -0.05) is 20.8 Å². The summed E-state index contributed by atoms with van der Waals surface area (Å²) in [7, 11) is 4.26. The van der Waals surface area contributed by atoms with Crippen LogP contribution in [0.15, 0.2) is 0 Å². The van der Waals surface area contributed by atoms with Gasteiger partial charge in [0.2, 0.25) is 0 Å². The van der Waals surface area contributed by atoms with Crippen molar-refractivity contribution in [1.29, 1.82) is 0 Å². The molecular formula is C9H21N. The van der Waals surface area contributed by atoms with Crippen LogP contribution >= 0.6 is 0 Å². The Hall–Kier alpha value is -0.0400. The summed E-state index contributed by atoms with van der Waals surface area (Å²) in [6.07, 6.45) is 1.32. The molecule has 0 fully saturated rings. The Bertz CT molecular complexity index is 76.8. The molecule has 1 heteroatoms. The Balaban J connectivity index is 3.30. The van der Waals surface area contributed by atoms with Gasteiger partial charge in [-0.3, -0.25) is 0 Å². The molecule has 0 aromatic rings. The van der Waals surface area contributed by atoms with Crippen LogP contribution in [-0.2, 0) is 0 Å². The number of nitrogens with zero attached hydrogens (tertiary/aromatic N) is 1. The first kappa shape index (κ1) is 9.96. The van der Waals surface area contributed by atoms with E-state index in [1.807, 2.05) is 0 Å². The third-order valence-corrected chi connectivity index (χ3v) is 2.17. The molecule has 0 radical (unpaired) electrons. The van der Waals surface area contributed by atoms with E-state index in [0.29, 0.717) is 0 Å². The molecule has 62 valence electrons. The predicted octanol–water partition coefficient (Wildman–Crippen LogP) is 2.23. The Morgan fingerprint density at radius 1 is 1.10 bits per heavy atom. The third kappa shape index (κ3) is 4.80. The Kier molecular flexibility index (Phi) is 4.71. The van der Waals surface area contributed by atoms with Crippen LogP contribution in [0.3, 0.4) is 0 Å². The molecule has 0 rings (SSSR count). The average Bonchev–Trinajstić information content (AvgIpc) is 1.82. The van der Waals surface area contributed by atoms with Gasteiger partial charge in [0.15, 0.2) is 0 Å². The topological polar surface area (TPSA) is 3.24 Å². The lowest BCUT2D eigenvalue weighted by Gasteiger charge is -2.17. The highest BCUT2D eigenvalue weighted by Crippen LogP contribution is 2.13. The average molecular weight is 143 g/mol. The van der Waals surface area contributed by atoms with Crippen LogP contribution < -0.4 is 0 Å². The first-order valence-electron chi connectivity index (χ1n) is 4.18. The van der Waals surface area contributed by atoms with E-state index in [0.717, 1.165) is 11.8 Å². The van der Waals surface area contributed by atoms with Crippen LogP contribution in [-0.4, -0.2) is 25.5 Å². The lowest BCUT2D eigenvalue weighted by atomic mass is 9.95. The summed E-state index contributed by atoms with van der Waals surface area (Å²) in [6.45, 7) is 8.13. The molecule has 0 spiro atoms. The second kappa shape index (κ2) is 4.73. The summed E-state index contributed by atoms with van der Waals surface area (Å²) in [4.78, 5) is 2.25. The number of hydrogen-bond donors (Lipinski definition) is 0. The normalized spacial score (nSPS) is 14.7. The molecule has 0 aromatic heterocycles. The number of hydrogen-bond acceptors (Lipinski definition) is 1. The van der Waals surface area contributed by atoms with E-state index in [9.17, 15) is 0 Å². The van der Waals surface area contributed by atoms with E-state index in [1.165, 1.54) is 13.0 Å². The van der Waals surface area contributed by atoms with Crippen LogP contribution in [0.4, 0.5) is 0 Å². The van der Waals surface area contributed by atoms with Gasteiger partial charge in [-0.25, -0.2) is 0 Å². The molecular weight excluding hydrogens is 122 g/mol. The fourth-order valence-electron chi connectivity index (χ4n) is 0.795. The molecule has 10 heavy (non-hydrogen) atoms. The van der Waals surface area contributed by atoms with Crippen molar-refractivity contribution >= 4 is 0 Å². The SMILES string of the molecule is CC(C)C(C)CCN(C)C. The van der Waals surface area contributed by atoms with Crippen molar-refractivity contribution in [3.63, 3.8) is 0 Å². The quantitative estimate of drug-likeness (QED) is 0.583. The maximum Gasteiger partial charge on any atom is -0.00222 e. The monoisotopic (exact) mass is 143 g/mol. The summed E-state index contributed by atoms with van der Waals surface area (Å²) in [5.41, 5.74) is 0. The molecule has 0 aromatic carbocycles. The molecule has 0 bridgehead atoms. The molecule has 0 aliphatic carbocycles. The second-order valence-electron chi connectivity index (χ2n) is 3.81. The fraction of sp³-hybridized carbons (Fsp3) is 1.00. The highest BCUT2D eigenvalue weighted by molar-refractivity contribution is 4.58. The smallest absolute Gasteiger partial charge is 0.00222 e. The van der Waals surface area contributed by atoms with Crippen LogP contribution in [0.1, 0.15) is 27.2 Å². The molecule has 1 unspecified atom stereocenters. The maximum atomic E-state index is 2.33. The lowest BCUT2D eigenvalue weighted by molar-refractivity contribution is 0.316. The Morgan fingerprint density at radius 3 is 1.90 bits per heavy atom. The summed E-state index contributed by atoms with van der Waals surface area (Å²) in [5.74, 6) is 1.70. The van der Waals surface area contributed by atoms with Gasteiger partial charge in [-0.05, 0) is 38.9 Å². The van der Waals surface area contributed by atoms with Gasteiger partial charge in [0.05, 0.1) is 0 Å². The van der Waals surface area contributed by atoms with Gasteiger partial charge in [-0.2, -0.15) is 0 Å². The zero-order valence-electron chi connectivity index (χ0n) is 8.02. The number of rotatable bonds is 4. The van der Waals surface area contributed by atoms with Gasteiger partial charge in [0.25, 0.3) is 0 Å². The van der Waals surface area contributed by atoms with Crippen molar-refractivity contribution in [2.24, 2.45) is 11.8 Å². The van der Waals surface area contributed by atoms with Gasteiger partial charge >= 0.3 is 0 Å². The van der Waals surface area contributed by atoms with Crippen molar-refractivity contribution in [2.75, 3.05) is 20.6 Å². The molecule has 0 aliphatic rings. The summed E-state index contributed by atoms with van der Waals surface area (Å²) in [5, 5.41) is 0. The van der Waals surface area contributed by atoms with Crippen molar-refractivity contribution < 1.29 is 0 Å². The minimum absolute atomic E-state index is 0.833. The van der Waals surface area contributed by atoms with E-state index in [2.05, 4.69) is 39.8 Å². The molecule has 0 saturated heterocycles. The largest absolute Gasteiger partial charge is 0.309 e. The summed E-state index contributed by atoms with van der Waals surface area (Å²) >= 11 is 0. The van der Waals surface area contributed by atoms with E-state index in [4.69, 9.17) is 0 Å².